The Morgan fingerprint density at radius 1 is 1.35 bits per heavy atom. The zero-order valence-corrected chi connectivity index (χ0v) is 15.1. The van der Waals surface area contributed by atoms with Crippen molar-refractivity contribution in [2.75, 3.05) is 26.7 Å². The number of aliphatic hydroxyl groups is 1. The van der Waals surface area contributed by atoms with Gasteiger partial charge in [0, 0.05) is 36.6 Å². The van der Waals surface area contributed by atoms with Gasteiger partial charge in [-0.1, -0.05) is 22.0 Å². The van der Waals surface area contributed by atoms with E-state index in [9.17, 15) is 9.90 Å². The standard InChI is InChI=1S/C18H23BrN2O2/c1-20-10-14-5-7-21(16(14)11-20)17(22)18(23)6-4-12-8-15(19)3-2-13(12)9-18/h2-3,8,14,16,23H,4-7,9-11H2,1H3. The van der Waals surface area contributed by atoms with Gasteiger partial charge in [-0.2, -0.15) is 0 Å². The van der Waals surface area contributed by atoms with Crippen LogP contribution >= 0.6 is 15.9 Å². The highest BCUT2D eigenvalue weighted by molar-refractivity contribution is 9.10. The van der Waals surface area contributed by atoms with Crippen molar-refractivity contribution in [2.24, 2.45) is 5.92 Å². The number of carbonyl (C=O) groups is 1. The second kappa shape index (κ2) is 5.57. The van der Waals surface area contributed by atoms with Crippen molar-refractivity contribution in [1.82, 2.24) is 9.80 Å². The number of fused-ring (bicyclic) bond motifs is 2. The van der Waals surface area contributed by atoms with Crippen LogP contribution in [-0.2, 0) is 17.6 Å². The van der Waals surface area contributed by atoms with E-state index in [1.54, 1.807) is 0 Å². The molecule has 3 unspecified atom stereocenters. The van der Waals surface area contributed by atoms with Crippen molar-refractivity contribution in [3.63, 3.8) is 0 Å². The van der Waals surface area contributed by atoms with E-state index in [4.69, 9.17) is 0 Å². The van der Waals surface area contributed by atoms with Crippen LogP contribution in [0.2, 0.25) is 0 Å². The third-order valence-electron chi connectivity index (χ3n) is 5.85. The lowest BCUT2D eigenvalue weighted by Crippen LogP contribution is -2.54. The molecule has 2 heterocycles. The van der Waals surface area contributed by atoms with E-state index in [-0.39, 0.29) is 5.91 Å². The second-order valence-electron chi connectivity index (χ2n) is 7.46. The van der Waals surface area contributed by atoms with Crippen LogP contribution in [0, 0.1) is 5.92 Å². The number of nitrogens with zero attached hydrogens (tertiary/aromatic N) is 2. The predicted octanol–water partition coefficient (Wildman–Crippen LogP) is 1.83. The van der Waals surface area contributed by atoms with Gasteiger partial charge in [-0.15, -0.1) is 0 Å². The molecule has 124 valence electrons. The Hall–Kier alpha value is -0.910. The number of likely N-dealkylation sites (tertiary alicyclic amines) is 2. The fourth-order valence-electron chi connectivity index (χ4n) is 4.62. The summed E-state index contributed by atoms with van der Waals surface area (Å²) < 4.78 is 1.06. The van der Waals surface area contributed by atoms with Gasteiger partial charge < -0.3 is 14.9 Å². The minimum absolute atomic E-state index is 0.0473. The number of hydrogen-bond donors (Lipinski definition) is 1. The number of aryl methyl sites for hydroxylation is 1. The molecule has 0 spiro atoms. The van der Waals surface area contributed by atoms with Crippen LogP contribution in [0.25, 0.3) is 0 Å². The fourth-order valence-corrected chi connectivity index (χ4v) is 5.03. The number of hydrogen-bond acceptors (Lipinski definition) is 3. The van der Waals surface area contributed by atoms with E-state index in [1.807, 2.05) is 17.0 Å². The van der Waals surface area contributed by atoms with Gasteiger partial charge in [0.2, 0.25) is 0 Å². The van der Waals surface area contributed by atoms with E-state index in [0.717, 1.165) is 42.5 Å². The molecule has 0 saturated carbocycles. The largest absolute Gasteiger partial charge is 0.380 e. The van der Waals surface area contributed by atoms with Gasteiger partial charge in [-0.05, 0) is 55.5 Å². The molecule has 2 fully saturated rings. The van der Waals surface area contributed by atoms with E-state index < -0.39 is 5.60 Å². The smallest absolute Gasteiger partial charge is 0.255 e. The highest BCUT2D eigenvalue weighted by atomic mass is 79.9. The molecule has 2 saturated heterocycles. The molecule has 0 radical (unpaired) electrons. The molecule has 4 nitrogen and oxygen atoms in total. The summed E-state index contributed by atoms with van der Waals surface area (Å²) in [5, 5.41) is 11.1. The molecular weight excluding hydrogens is 356 g/mol. The average molecular weight is 379 g/mol. The number of halogens is 1. The molecule has 1 amide bonds. The fraction of sp³-hybridized carbons (Fsp3) is 0.611. The zero-order chi connectivity index (χ0) is 16.2. The predicted molar refractivity (Wildman–Crippen MR) is 92.2 cm³/mol. The maximum Gasteiger partial charge on any atom is 0.255 e. The van der Waals surface area contributed by atoms with Crippen LogP contribution in [0.1, 0.15) is 24.0 Å². The Bertz CT molecular complexity index is 650. The quantitative estimate of drug-likeness (QED) is 0.810. The van der Waals surface area contributed by atoms with Crippen LogP contribution in [0.5, 0.6) is 0 Å². The zero-order valence-electron chi connectivity index (χ0n) is 13.5. The summed E-state index contributed by atoms with van der Waals surface area (Å²) in [7, 11) is 2.12. The van der Waals surface area contributed by atoms with Crippen LogP contribution in [0.15, 0.2) is 22.7 Å². The first-order valence-electron chi connectivity index (χ1n) is 8.45. The molecule has 1 N–H and O–H groups in total. The Morgan fingerprint density at radius 2 is 2.17 bits per heavy atom. The van der Waals surface area contributed by atoms with Gasteiger partial charge in [-0.25, -0.2) is 0 Å². The minimum atomic E-state index is -1.23. The molecule has 3 aliphatic rings. The summed E-state index contributed by atoms with van der Waals surface area (Å²) in [5.74, 6) is 0.535. The monoisotopic (exact) mass is 378 g/mol. The normalized spacial score (nSPS) is 33.6. The van der Waals surface area contributed by atoms with Crippen LogP contribution in [-0.4, -0.2) is 59.1 Å². The van der Waals surface area contributed by atoms with Crippen molar-refractivity contribution in [3.8, 4) is 0 Å². The van der Waals surface area contributed by atoms with Crippen LogP contribution in [0.4, 0.5) is 0 Å². The molecule has 0 aromatic heterocycles. The maximum absolute atomic E-state index is 13.1. The summed E-state index contributed by atoms with van der Waals surface area (Å²) >= 11 is 3.50. The van der Waals surface area contributed by atoms with Crippen molar-refractivity contribution in [1.29, 1.82) is 0 Å². The Balaban J connectivity index is 1.55. The lowest BCUT2D eigenvalue weighted by molar-refractivity contribution is -0.153. The highest BCUT2D eigenvalue weighted by Crippen LogP contribution is 2.36. The van der Waals surface area contributed by atoms with Crippen molar-refractivity contribution < 1.29 is 9.90 Å². The molecule has 5 heteroatoms. The number of benzene rings is 1. The highest BCUT2D eigenvalue weighted by Gasteiger charge is 2.49. The summed E-state index contributed by atoms with van der Waals surface area (Å²) in [6, 6.07) is 6.43. The van der Waals surface area contributed by atoms with Crippen molar-refractivity contribution in [3.05, 3.63) is 33.8 Å². The van der Waals surface area contributed by atoms with Crippen molar-refractivity contribution >= 4 is 21.8 Å². The van der Waals surface area contributed by atoms with Gasteiger partial charge in [0.1, 0.15) is 5.60 Å². The SMILES string of the molecule is CN1CC2CCN(C(=O)C3(O)CCc4cc(Br)ccc4C3)C2C1. The first-order valence-corrected chi connectivity index (χ1v) is 9.25. The first-order chi connectivity index (χ1) is 11.0. The number of amides is 1. The van der Waals surface area contributed by atoms with Crippen LogP contribution < -0.4 is 0 Å². The summed E-state index contributed by atoms with van der Waals surface area (Å²) in [6.07, 6.45) is 2.80. The Kier molecular flexibility index (Phi) is 3.78. The van der Waals surface area contributed by atoms with Gasteiger partial charge in [0.15, 0.2) is 0 Å². The molecule has 2 aliphatic heterocycles. The molecule has 3 atom stereocenters. The molecular formula is C18H23BrN2O2. The summed E-state index contributed by atoms with van der Waals surface area (Å²) in [5.41, 5.74) is 1.13. The lowest BCUT2D eigenvalue weighted by atomic mass is 9.79. The second-order valence-corrected chi connectivity index (χ2v) is 8.37. The average Bonchev–Trinajstić information content (AvgIpc) is 3.05. The molecule has 0 bridgehead atoms. The topological polar surface area (TPSA) is 43.8 Å². The van der Waals surface area contributed by atoms with Gasteiger partial charge in [-0.3, -0.25) is 4.79 Å². The maximum atomic E-state index is 13.1. The Morgan fingerprint density at radius 3 is 3.00 bits per heavy atom. The van der Waals surface area contributed by atoms with E-state index in [2.05, 4.69) is 33.9 Å². The lowest BCUT2D eigenvalue weighted by Gasteiger charge is -2.37. The molecule has 1 aromatic rings. The van der Waals surface area contributed by atoms with E-state index in [1.165, 1.54) is 5.56 Å². The third kappa shape index (κ3) is 2.63. The van der Waals surface area contributed by atoms with E-state index in [0.29, 0.717) is 24.8 Å². The molecule has 4 rings (SSSR count). The number of rotatable bonds is 1. The Labute approximate surface area is 145 Å². The number of likely N-dealkylation sites (N-methyl/N-ethyl adjacent to an activating group) is 1. The van der Waals surface area contributed by atoms with Gasteiger partial charge >= 0.3 is 0 Å². The molecule has 1 aromatic carbocycles. The van der Waals surface area contributed by atoms with E-state index >= 15 is 0 Å². The van der Waals surface area contributed by atoms with Gasteiger partial charge in [0.25, 0.3) is 5.91 Å². The van der Waals surface area contributed by atoms with Gasteiger partial charge in [0.05, 0.1) is 0 Å². The molecule has 1 aliphatic carbocycles. The van der Waals surface area contributed by atoms with Crippen LogP contribution in [0.3, 0.4) is 0 Å². The van der Waals surface area contributed by atoms with Crippen molar-refractivity contribution in [2.45, 2.75) is 37.3 Å². The minimum Gasteiger partial charge on any atom is -0.380 e. The third-order valence-corrected chi connectivity index (χ3v) is 6.34. The summed E-state index contributed by atoms with van der Waals surface area (Å²) in [4.78, 5) is 17.4. The summed E-state index contributed by atoms with van der Waals surface area (Å²) in [6.45, 7) is 2.82. The first kappa shape index (κ1) is 15.6. The number of carbonyl (C=O) groups excluding carboxylic acids is 1. The molecule has 23 heavy (non-hydrogen) atoms.